The SMILES string of the molecule is CC[C@H](C)C(NS(=O)(=O)c1ccc(Cl)s1)[C@@H](O)C(C)(C)C. The molecule has 1 rings (SSSR count). The maximum Gasteiger partial charge on any atom is 0.250 e. The molecule has 0 aliphatic heterocycles. The van der Waals surface area contributed by atoms with E-state index in [0.717, 1.165) is 17.8 Å². The summed E-state index contributed by atoms with van der Waals surface area (Å²) in [5, 5.41) is 10.5. The first-order chi connectivity index (χ1) is 9.49. The summed E-state index contributed by atoms with van der Waals surface area (Å²) in [6.45, 7) is 9.59. The van der Waals surface area contributed by atoms with Gasteiger partial charge in [-0.3, -0.25) is 0 Å². The Morgan fingerprint density at radius 3 is 2.33 bits per heavy atom. The van der Waals surface area contributed by atoms with Crippen molar-refractivity contribution in [2.75, 3.05) is 0 Å². The van der Waals surface area contributed by atoms with Crippen LogP contribution in [0.5, 0.6) is 0 Å². The molecule has 0 saturated carbocycles. The van der Waals surface area contributed by atoms with Gasteiger partial charge in [-0.15, -0.1) is 11.3 Å². The van der Waals surface area contributed by atoms with Crippen LogP contribution in [0.2, 0.25) is 4.34 Å². The lowest BCUT2D eigenvalue weighted by molar-refractivity contribution is 0.0191. The molecule has 0 aliphatic carbocycles. The fourth-order valence-electron chi connectivity index (χ4n) is 1.96. The molecular formula is C14H24ClNO3S2. The van der Waals surface area contributed by atoms with Gasteiger partial charge in [0.25, 0.3) is 0 Å². The summed E-state index contributed by atoms with van der Waals surface area (Å²) in [6, 6.07) is 2.49. The molecule has 0 bridgehead atoms. The molecule has 122 valence electrons. The fourth-order valence-corrected chi connectivity index (χ4v) is 4.81. The highest BCUT2D eigenvalue weighted by Crippen LogP contribution is 2.30. The number of hydrogen-bond acceptors (Lipinski definition) is 4. The molecular weight excluding hydrogens is 330 g/mol. The Hall–Kier alpha value is -0.140. The minimum atomic E-state index is -3.68. The zero-order valence-corrected chi connectivity index (χ0v) is 15.4. The fraction of sp³-hybridized carbons (Fsp3) is 0.714. The van der Waals surface area contributed by atoms with E-state index >= 15 is 0 Å². The van der Waals surface area contributed by atoms with Crippen molar-refractivity contribution in [3.63, 3.8) is 0 Å². The molecule has 1 aromatic rings. The zero-order chi connectivity index (χ0) is 16.4. The molecule has 0 radical (unpaired) electrons. The Kier molecular flexibility index (Phi) is 6.27. The van der Waals surface area contributed by atoms with Crippen LogP contribution >= 0.6 is 22.9 Å². The Bertz CT molecular complexity index is 563. The van der Waals surface area contributed by atoms with Crippen molar-refractivity contribution in [3.8, 4) is 0 Å². The number of nitrogens with one attached hydrogen (secondary N) is 1. The average Bonchev–Trinajstić information content (AvgIpc) is 2.80. The number of hydrogen-bond donors (Lipinski definition) is 2. The highest BCUT2D eigenvalue weighted by atomic mass is 35.5. The van der Waals surface area contributed by atoms with Crippen LogP contribution in [0, 0.1) is 11.3 Å². The molecule has 0 spiro atoms. The predicted octanol–water partition coefficient (Wildman–Crippen LogP) is 3.50. The van der Waals surface area contributed by atoms with E-state index in [9.17, 15) is 13.5 Å². The largest absolute Gasteiger partial charge is 0.391 e. The highest BCUT2D eigenvalue weighted by Gasteiger charge is 2.36. The molecule has 0 aromatic carbocycles. The van der Waals surface area contributed by atoms with Gasteiger partial charge < -0.3 is 5.11 Å². The molecule has 0 saturated heterocycles. The molecule has 3 atom stereocenters. The van der Waals surface area contributed by atoms with Crippen molar-refractivity contribution in [2.45, 2.75) is 57.4 Å². The topological polar surface area (TPSA) is 66.4 Å². The third-order valence-corrected chi connectivity index (χ3v) is 6.77. The number of thiophene rings is 1. The summed E-state index contributed by atoms with van der Waals surface area (Å²) < 4.78 is 28.1. The van der Waals surface area contributed by atoms with Crippen LogP contribution in [0.4, 0.5) is 0 Å². The van der Waals surface area contributed by atoms with Crippen molar-refractivity contribution >= 4 is 33.0 Å². The van der Waals surface area contributed by atoms with Gasteiger partial charge in [0.15, 0.2) is 0 Å². The van der Waals surface area contributed by atoms with Gasteiger partial charge in [-0.25, -0.2) is 13.1 Å². The van der Waals surface area contributed by atoms with Crippen LogP contribution in [0.25, 0.3) is 0 Å². The van der Waals surface area contributed by atoms with Gasteiger partial charge in [0, 0.05) is 0 Å². The summed E-state index contributed by atoms with van der Waals surface area (Å²) in [6.07, 6.45) is -0.0106. The van der Waals surface area contributed by atoms with Gasteiger partial charge in [-0.2, -0.15) is 0 Å². The van der Waals surface area contributed by atoms with Crippen LogP contribution in [0.15, 0.2) is 16.3 Å². The van der Waals surface area contributed by atoms with E-state index in [4.69, 9.17) is 11.6 Å². The first-order valence-electron chi connectivity index (χ1n) is 6.94. The minimum Gasteiger partial charge on any atom is -0.391 e. The van der Waals surface area contributed by atoms with Gasteiger partial charge in [0.2, 0.25) is 10.0 Å². The third kappa shape index (κ3) is 4.93. The summed E-state index contributed by atoms with van der Waals surface area (Å²) >= 11 is 6.81. The first kappa shape index (κ1) is 18.9. The van der Waals surface area contributed by atoms with Crippen LogP contribution in [-0.4, -0.2) is 25.7 Å². The predicted molar refractivity (Wildman–Crippen MR) is 88.4 cm³/mol. The van der Waals surface area contributed by atoms with Crippen molar-refractivity contribution in [2.24, 2.45) is 11.3 Å². The van der Waals surface area contributed by atoms with E-state index in [1.54, 1.807) is 6.07 Å². The van der Waals surface area contributed by atoms with Crippen molar-refractivity contribution in [3.05, 3.63) is 16.5 Å². The van der Waals surface area contributed by atoms with E-state index in [1.165, 1.54) is 6.07 Å². The maximum absolute atomic E-state index is 12.4. The van der Waals surface area contributed by atoms with Crippen molar-refractivity contribution in [1.29, 1.82) is 0 Å². The lowest BCUT2D eigenvalue weighted by atomic mass is 9.80. The van der Waals surface area contributed by atoms with Gasteiger partial charge in [-0.05, 0) is 23.5 Å². The second-order valence-corrected chi connectivity index (χ2v) is 10.1. The van der Waals surface area contributed by atoms with E-state index in [0.29, 0.717) is 4.34 Å². The Labute approximate surface area is 136 Å². The van der Waals surface area contributed by atoms with Crippen molar-refractivity contribution in [1.82, 2.24) is 4.72 Å². The summed E-state index contributed by atoms with van der Waals surface area (Å²) in [7, 11) is -3.68. The Morgan fingerprint density at radius 2 is 1.95 bits per heavy atom. The number of rotatable bonds is 6. The van der Waals surface area contributed by atoms with E-state index < -0.39 is 27.6 Å². The van der Waals surface area contributed by atoms with Crippen LogP contribution in [0.1, 0.15) is 41.0 Å². The van der Waals surface area contributed by atoms with Gasteiger partial charge in [-0.1, -0.05) is 52.6 Å². The molecule has 0 amide bonds. The molecule has 1 heterocycles. The second kappa shape index (κ2) is 6.96. The van der Waals surface area contributed by atoms with Gasteiger partial charge >= 0.3 is 0 Å². The molecule has 1 unspecified atom stereocenters. The standard InChI is InChI=1S/C14H24ClNO3S2/c1-6-9(2)12(13(17)14(3,4)5)16-21(18,19)11-8-7-10(15)20-11/h7-9,12-13,16-17H,6H2,1-5H3/t9-,12?,13+/m0/s1. The second-order valence-electron chi connectivity index (χ2n) is 6.40. The molecule has 0 fully saturated rings. The zero-order valence-electron chi connectivity index (χ0n) is 13.1. The lowest BCUT2D eigenvalue weighted by Gasteiger charge is -2.36. The molecule has 0 aliphatic rings. The highest BCUT2D eigenvalue weighted by molar-refractivity contribution is 7.91. The smallest absolute Gasteiger partial charge is 0.250 e. The van der Waals surface area contributed by atoms with Crippen LogP contribution < -0.4 is 4.72 Å². The number of halogens is 1. The lowest BCUT2D eigenvalue weighted by Crippen LogP contribution is -2.51. The Morgan fingerprint density at radius 1 is 1.38 bits per heavy atom. The first-order valence-corrected chi connectivity index (χ1v) is 9.62. The van der Waals surface area contributed by atoms with Crippen LogP contribution in [-0.2, 0) is 10.0 Å². The number of aliphatic hydroxyl groups excluding tert-OH is 1. The third-order valence-electron chi connectivity index (χ3n) is 3.59. The van der Waals surface area contributed by atoms with Crippen LogP contribution in [0.3, 0.4) is 0 Å². The molecule has 1 aromatic heterocycles. The van der Waals surface area contributed by atoms with Gasteiger partial charge in [0.05, 0.1) is 16.5 Å². The Balaban J connectivity index is 3.07. The number of sulfonamides is 1. The quantitative estimate of drug-likeness (QED) is 0.822. The molecule has 7 heteroatoms. The monoisotopic (exact) mass is 353 g/mol. The average molecular weight is 354 g/mol. The summed E-state index contributed by atoms with van der Waals surface area (Å²) in [5.74, 6) is 0.0180. The molecule has 2 N–H and O–H groups in total. The van der Waals surface area contributed by atoms with E-state index in [1.807, 2.05) is 34.6 Å². The molecule has 4 nitrogen and oxygen atoms in total. The van der Waals surface area contributed by atoms with E-state index in [-0.39, 0.29) is 10.1 Å². The summed E-state index contributed by atoms with van der Waals surface area (Å²) in [4.78, 5) is 0. The summed E-state index contributed by atoms with van der Waals surface area (Å²) in [5.41, 5.74) is -0.413. The van der Waals surface area contributed by atoms with Crippen molar-refractivity contribution < 1.29 is 13.5 Å². The maximum atomic E-state index is 12.4. The van der Waals surface area contributed by atoms with E-state index in [2.05, 4.69) is 4.72 Å². The van der Waals surface area contributed by atoms with Gasteiger partial charge in [0.1, 0.15) is 4.21 Å². The normalized spacial score (nSPS) is 17.5. The minimum absolute atomic E-state index is 0.0180. The number of aliphatic hydroxyl groups is 1. The molecule has 21 heavy (non-hydrogen) atoms.